The van der Waals surface area contributed by atoms with Crippen LogP contribution in [0.5, 0.6) is 5.75 Å². The Morgan fingerprint density at radius 2 is 1.96 bits per heavy atom. The van der Waals surface area contributed by atoms with Crippen LogP contribution in [0, 0.1) is 5.41 Å². The molecule has 23 heavy (non-hydrogen) atoms. The van der Waals surface area contributed by atoms with Crippen LogP contribution in [0.1, 0.15) is 26.3 Å². The smallest absolute Gasteiger partial charge is 0.191 e. The van der Waals surface area contributed by atoms with Crippen LogP contribution in [0.4, 0.5) is 0 Å². The van der Waals surface area contributed by atoms with E-state index in [9.17, 15) is 0 Å². The molecule has 2 N–H and O–H groups in total. The van der Waals surface area contributed by atoms with Gasteiger partial charge in [0.2, 0.25) is 0 Å². The first-order valence-electron chi connectivity index (χ1n) is 8.01. The highest BCUT2D eigenvalue weighted by atomic mass is 16.5. The van der Waals surface area contributed by atoms with Crippen molar-refractivity contribution in [3.05, 3.63) is 29.8 Å². The highest BCUT2D eigenvalue weighted by Crippen LogP contribution is 2.20. The Hall–Kier alpha value is -1.75. The van der Waals surface area contributed by atoms with Crippen molar-refractivity contribution < 1.29 is 9.47 Å². The van der Waals surface area contributed by atoms with Gasteiger partial charge in [0.05, 0.1) is 13.2 Å². The Bertz CT molecular complexity index is 495. The van der Waals surface area contributed by atoms with E-state index in [4.69, 9.17) is 9.47 Å². The molecule has 1 atom stereocenters. The molecule has 0 heterocycles. The number of hydrogen-bond donors (Lipinski definition) is 2. The van der Waals surface area contributed by atoms with E-state index in [0.717, 1.165) is 31.2 Å². The normalized spacial score (nSPS) is 13.6. The number of rotatable bonds is 7. The van der Waals surface area contributed by atoms with E-state index in [2.05, 4.69) is 48.5 Å². The maximum absolute atomic E-state index is 5.55. The fourth-order valence-electron chi connectivity index (χ4n) is 2.31. The quantitative estimate of drug-likeness (QED) is 0.598. The Kier molecular flexibility index (Phi) is 7.89. The van der Waals surface area contributed by atoms with Gasteiger partial charge in [-0.25, -0.2) is 0 Å². The van der Waals surface area contributed by atoms with Crippen LogP contribution in [0.3, 0.4) is 0 Å². The van der Waals surface area contributed by atoms with Crippen molar-refractivity contribution in [2.75, 3.05) is 34.4 Å². The van der Waals surface area contributed by atoms with E-state index in [1.54, 1.807) is 21.3 Å². The number of nitrogens with zero attached hydrogens (tertiary/aromatic N) is 1. The van der Waals surface area contributed by atoms with Crippen LogP contribution in [0.15, 0.2) is 29.3 Å². The molecule has 5 heteroatoms. The Morgan fingerprint density at radius 3 is 2.52 bits per heavy atom. The summed E-state index contributed by atoms with van der Waals surface area (Å²) in [4.78, 5) is 4.26. The summed E-state index contributed by atoms with van der Waals surface area (Å²) in [6.07, 6.45) is 1.03. The fourth-order valence-corrected chi connectivity index (χ4v) is 2.31. The summed E-state index contributed by atoms with van der Waals surface area (Å²) in [5.41, 5.74) is 1.32. The third-order valence-corrected chi connectivity index (χ3v) is 3.77. The summed E-state index contributed by atoms with van der Waals surface area (Å²) in [5.74, 6) is 1.68. The predicted molar refractivity (Wildman–Crippen MR) is 96.3 cm³/mol. The van der Waals surface area contributed by atoms with Gasteiger partial charge in [0.15, 0.2) is 5.96 Å². The van der Waals surface area contributed by atoms with E-state index in [0.29, 0.717) is 0 Å². The molecule has 0 aliphatic rings. The molecule has 130 valence electrons. The van der Waals surface area contributed by atoms with Crippen molar-refractivity contribution in [3.63, 3.8) is 0 Å². The van der Waals surface area contributed by atoms with E-state index in [1.807, 2.05) is 12.1 Å². The number of aliphatic imine (C=N–C) groups is 1. The van der Waals surface area contributed by atoms with Gasteiger partial charge in [0.25, 0.3) is 0 Å². The maximum atomic E-state index is 5.55. The van der Waals surface area contributed by atoms with Crippen LogP contribution >= 0.6 is 0 Å². The summed E-state index contributed by atoms with van der Waals surface area (Å²) in [6.45, 7) is 8.03. The molecule has 0 aliphatic heterocycles. The topological polar surface area (TPSA) is 54.9 Å². The van der Waals surface area contributed by atoms with E-state index < -0.39 is 0 Å². The Balaban J connectivity index is 2.42. The summed E-state index contributed by atoms with van der Waals surface area (Å²) in [5, 5.41) is 6.65. The first-order valence-corrected chi connectivity index (χ1v) is 8.01. The number of guanidine groups is 1. The molecule has 0 amide bonds. The SMILES string of the molecule is CN=C(NCCc1cccc(OC)c1)NCC(OC)C(C)(C)C. The predicted octanol–water partition coefficient (Wildman–Crippen LogP) is 2.46. The van der Waals surface area contributed by atoms with Crippen LogP contribution in [-0.2, 0) is 11.2 Å². The number of benzene rings is 1. The molecule has 1 rings (SSSR count). The van der Waals surface area contributed by atoms with Crippen LogP contribution in [-0.4, -0.2) is 46.4 Å². The highest BCUT2D eigenvalue weighted by Gasteiger charge is 2.24. The maximum Gasteiger partial charge on any atom is 0.191 e. The van der Waals surface area contributed by atoms with Gasteiger partial charge in [-0.15, -0.1) is 0 Å². The molecule has 0 saturated heterocycles. The van der Waals surface area contributed by atoms with Crippen molar-refractivity contribution in [3.8, 4) is 5.75 Å². The van der Waals surface area contributed by atoms with E-state index >= 15 is 0 Å². The lowest BCUT2D eigenvalue weighted by atomic mass is 9.89. The zero-order chi connectivity index (χ0) is 17.3. The molecule has 0 radical (unpaired) electrons. The van der Waals surface area contributed by atoms with E-state index in [1.165, 1.54) is 5.56 Å². The van der Waals surface area contributed by atoms with Gasteiger partial charge < -0.3 is 20.1 Å². The van der Waals surface area contributed by atoms with Crippen molar-refractivity contribution in [1.29, 1.82) is 0 Å². The van der Waals surface area contributed by atoms with Gasteiger partial charge in [0, 0.05) is 27.2 Å². The average molecular weight is 321 g/mol. The lowest BCUT2D eigenvalue weighted by Gasteiger charge is -2.30. The van der Waals surface area contributed by atoms with Gasteiger partial charge in [0.1, 0.15) is 5.75 Å². The lowest BCUT2D eigenvalue weighted by molar-refractivity contribution is 0.0205. The molecule has 5 nitrogen and oxygen atoms in total. The van der Waals surface area contributed by atoms with Crippen molar-refractivity contribution in [2.45, 2.75) is 33.3 Å². The third kappa shape index (κ3) is 6.91. The monoisotopic (exact) mass is 321 g/mol. The van der Waals surface area contributed by atoms with Gasteiger partial charge in [-0.2, -0.15) is 0 Å². The van der Waals surface area contributed by atoms with Gasteiger partial charge in [-0.3, -0.25) is 4.99 Å². The molecule has 0 saturated carbocycles. The summed E-state index contributed by atoms with van der Waals surface area (Å²) in [6, 6.07) is 8.11. The second-order valence-corrected chi connectivity index (χ2v) is 6.57. The number of ether oxygens (including phenoxy) is 2. The highest BCUT2D eigenvalue weighted by molar-refractivity contribution is 5.79. The molecule has 1 aromatic carbocycles. The van der Waals surface area contributed by atoms with Crippen LogP contribution < -0.4 is 15.4 Å². The minimum Gasteiger partial charge on any atom is -0.497 e. The molecular weight excluding hydrogens is 290 g/mol. The molecule has 0 aliphatic carbocycles. The minimum absolute atomic E-state index is 0.0845. The third-order valence-electron chi connectivity index (χ3n) is 3.77. The molecule has 0 fully saturated rings. The Labute approximate surface area is 140 Å². The van der Waals surface area contributed by atoms with Crippen molar-refractivity contribution in [1.82, 2.24) is 10.6 Å². The average Bonchev–Trinajstić information content (AvgIpc) is 2.52. The Morgan fingerprint density at radius 1 is 1.22 bits per heavy atom. The summed E-state index contributed by atoms with van der Waals surface area (Å²) >= 11 is 0. The van der Waals surface area contributed by atoms with Crippen molar-refractivity contribution in [2.24, 2.45) is 10.4 Å². The van der Waals surface area contributed by atoms with Gasteiger partial charge >= 0.3 is 0 Å². The first kappa shape index (κ1) is 19.3. The lowest BCUT2D eigenvalue weighted by Crippen LogP contribution is -2.45. The summed E-state index contributed by atoms with van der Waals surface area (Å²) < 4.78 is 10.8. The molecule has 0 bridgehead atoms. The van der Waals surface area contributed by atoms with Crippen LogP contribution in [0.2, 0.25) is 0 Å². The number of nitrogens with one attached hydrogen (secondary N) is 2. The molecule has 1 aromatic rings. The van der Waals surface area contributed by atoms with Crippen LogP contribution in [0.25, 0.3) is 0 Å². The zero-order valence-corrected chi connectivity index (χ0v) is 15.3. The second-order valence-electron chi connectivity index (χ2n) is 6.57. The second kappa shape index (κ2) is 9.40. The standard InChI is InChI=1S/C18H31N3O2/c1-18(2,3)16(23-6)13-21-17(19-4)20-11-10-14-8-7-9-15(12-14)22-5/h7-9,12,16H,10-11,13H2,1-6H3,(H2,19,20,21). The largest absolute Gasteiger partial charge is 0.497 e. The molecule has 0 aromatic heterocycles. The fraction of sp³-hybridized carbons (Fsp3) is 0.611. The zero-order valence-electron chi connectivity index (χ0n) is 15.3. The number of methoxy groups -OCH3 is 2. The molecular formula is C18H31N3O2. The first-order chi connectivity index (χ1) is 10.9. The summed E-state index contributed by atoms with van der Waals surface area (Å²) in [7, 11) is 5.21. The number of hydrogen-bond acceptors (Lipinski definition) is 3. The van der Waals surface area contributed by atoms with Gasteiger partial charge in [-0.05, 0) is 29.5 Å². The molecule has 0 spiro atoms. The van der Waals surface area contributed by atoms with Gasteiger partial charge in [-0.1, -0.05) is 32.9 Å². The van der Waals surface area contributed by atoms with E-state index in [-0.39, 0.29) is 11.5 Å². The van der Waals surface area contributed by atoms with Crippen molar-refractivity contribution >= 4 is 5.96 Å². The minimum atomic E-state index is 0.0845. The molecule has 1 unspecified atom stereocenters.